The maximum atomic E-state index is 11.9. The van der Waals surface area contributed by atoms with Crippen LogP contribution in [-0.4, -0.2) is 22.5 Å². The molecule has 0 aromatic rings. The highest BCUT2D eigenvalue weighted by atomic mass is 16.6. The predicted octanol–water partition coefficient (Wildman–Crippen LogP) is 3.37. The summed E-state index contributed by atoms with van der Waals surface area (Å²) in [6.45, 7) is 7.47. The van der Waals surface area contributed by atoms with Crippen molar-refractivity contribution in [2.24, 2.45) is 28.6 Å². The van der Waals surface area contributed by atoms with E-state index in [1.54, 1.807) is 0 Å². The molecule has 1 N–H and O–H groups in total. The SMILES string of the molecule is CCC1=CC2C(C1)CC2(C[N+](=O)[O-])C(C(=O)O)C(C)(C)C. The Labute approximate surface area is 125 Å². The van der Waals surface area contributed by atoms with E-state index in [0.29, 0.717) is 12.3 Å². The van der Waals surface area contributed by atoms with Gasteiger partial charge in [0.25, 0.3) is 0 Å². The topological polar surface area (TPSA) is 80.4 Å². The molecule has 21 heavy (non-hydrogen) atoms. The largest absolute Gasteiger partial charge is 0.481 e. The van der Waals surface area contributed by atoms with Crippen molar-refractivity contribution in [3.63, 3.8) is 0 Å². The molecule has 2 aliphatic carbocycles. The Hall–Kier alpha value is -1.39. The van der Waals surface area contributed by atoms with Gasteiger partial charge in [0.05, 0.1) is 11.3 Å². The van der Waals surface area contributed by atoms with E-state index in [9.17, 15) is 20.0 Å². The lowest BCUT2D eigenvalue weighted by Crippen LogP contribution is -2.59. The number of carboxylic acids is 1. The third kappa shape index (κ3) is 2.58. The molecule has 0 aromatic heterocycles. The number of allylic oxidation sites excluding steroid dienone is 2. The maximum Gasteiger partial charge on any atom is 0.307 e. The third-order valence-corrected chi connectivity index (χ3v) is 5.32. The molecule has 0 amide bonds. The number of nitro groups is 1. The van der Waals surface area contributed by atoms with Gasteiger partial charge in [0.2, 0.25) is 6.54 Å². The first-order valence-corrected chi connectivity index (χ1v) is 7.66. The molecule has 4 atom stereocenters. The summed E-state index contributed by atoms with van der Waals surface area (Å²) in [6.07, 6.45) is 4.73. The van der Waals surface area contributed by atoms with E-state index in [-0.39, 0.29) is 17.4 Å². The zero-order valence-electron chi connectivity index (χ0n) is 13.3. The molecule has 5 nitrogen and oxygen atoms in total. The monoisotopic (exact) mass is 295 g/mol. The molecule has 5 heteroatoms. The Morgan fingerprint density at radius 1 is 1.57 bits per heavy atom. The highest BCUT2D eigenvalue weighted by molar-refractivity contribution is 5.72. The van der Waals surface area contributed by atoms with E-state index in [0.717, 1.165) is 12.8 Å². The molecule has 2 aliphatic rings. The highest BCUT2D eigenvalue weighted by Crippen LogP contribution is 2.64. The highest BCUT2D eigenvalue weighted by Gasteiger charge is 2.65. The van der Waals surface area contributed by atoms with Crippen LogP contribution < -0.4 is 0 Å². The molecule has 0 bridgehead atoms. The first-order chi connectivity index (χ1) is 9.61. The molecule has 4 unspecified atom stereocenters. The average Bonchev–Trinajstić information content (AvgIpc) is 2.63. The van der Waals surface area contributed by atoms with Crippen molar-refractivity contribution in [3.8, 4) is 0 Å². The van der Waals surface area contributed by atoms with Gasteiger partial charge < -0.3 is 5.11 Å². The normalized spacial score (nSPS) is 32.9. The van der Waals surface area contributed by atoms with Gasteiger partial charge in [0.1, 0.15) is 0 Å². The van der Waals surface area contributed by atoms with Gasteiger partial charge in [0, 0.05) is 4.92 Å². The van der Waals surface area contributed by atoms with E-state index in [1.807, 2.05) is 20.8 Å². The fraction of sp³-hybridized carbons (Fsp3) is 0.812. The van der Waals surface area contributed by atoms with Gasteiger partial charge in [-0.2, -0.15) is 0 Å². The molecule has 1 fully saturated rings. The van der Waals surface area contributed by atoms with Crippen molar-refractivity contribution in [1.82, 2.24) is 0 Å². The van der Waals surface area contributed by atoms with Crippen LogP contribution in [0.3, 0.4) is 0 Å². The number of hydrogen-bond acceptors (Lipinski definition) is 3. The number of fused-ring (bicyclic) bond motifs is 1. The Kier molecular flexibility index (Phi) is 3.89. The Balaban J connectivity index is 2.42. The fourth-order valence-electron chi connectivity index (χ4n) is 4.77. The van der Waals surface area contributed by atoms with E-state index in [1.165, 1.54) is 5.57 Å². The van der Waals surface area contributed by atoms with Gasteiger partial charge in [0.15, 0.2) is 0 Å². The summed E-state index contributed by atoms with van der Waals surface area (Å²) >= 11 is 0. The van der Waals surface area contributed by atoms with Crippen LogP contribution in [0.15, 0.2) is 11.6 Å². The standard InChI is InChI=1S/C16H25NO4/c1-5-10-6-11-8-16(9-17(20)21,12(11)7-10)13(14(18)19)15(2,3)4/h7,11-13H,5-6,8-9H2,1-4H3,(H,18,19). The summed E-state index contributed by atoms with van der Waals surface area (Å²) < 4.78 is 0. The fourth-order valence-corrected chi connectivity index (χ4v) is 4.77. The van der Waals surface area contributed by atoms with Crippen molar-refractivity contribution in [2.45, 2.75) is 47.0 Å². The first kappa shape index (κ1) is 16.0. The number of nitrogens with zero attached hydrogens (tertiary/aromatic N) is 1. The van der Waals surface area contributed by atoms with Gasteiger partial charge in [-0.05, 0) is 36.5 Å². The van der Waals surface area contributed by atoms with Crippen molar-refractivity contribution in [2.75, 3.05) is 6.54 Å². The Morgan fingerprint density at radius 2 is 2.19 bits per heavy atom. The second-order valence-electron chi connectivity index (χ2n) is 7.73. The molecular weight excluding hydrogens is 270 g/mol. The van der Waals surface area contributed by atoms with Crippen LogP contribution in [0.1, 0.15) is 47.0 Å². The number of carbonyl (C=O) groups is 1. The van der Waals surface area contributed by atoms with E-state index < -0.39 is 22.7 Å². The lowest BCUT2D eigenvalue weighted by atomic mass is 9.46. The van der Waals surface area contributed by atoms with Gasteiger partial charge in [-0.25, -0.2) is 0 Å². The lowest BCUT2D eigenvalue weighted by molar-refractivity contribution is -0.510. The van der Waals surface area contributed by atoms with E-state index in [2.05, 4.69) is 13.0 Å². The van der Waals surface area contributed by atoms with Gasteiger partial charge in [-0.15, -0.1) is 0 Å². The second-order valence-corrected chi connectivity index (χ2v) is 7.73. The molecule has 1 saturated carbocycles. The van der Waals surface area contributed by atoms with Gasteiger partial charge in [-0.3, -0.25) is 14.9 Å². The third-order valence-electron chi connectivity index (χ3n) is 5.32. The van der Waals surface area contributed by atoms with Gasteiger partial charge >= 0.3 is 5.97 Å². The van der Waals surface area contributed by atoms with Gasteiger partial charge in [-0.1, -0.05) is 39.3 Å². The molecule has 0 radical (unpaired) electrons. The van der Waals surface area contributed by atoms with E-state index >= 15 is 0 Å². The molecule has 0 aromatic carbocycles. The van der Waals surface area contributed by atoms with Crippen LogP contribution in [0.25, 0.3) is 0 Å². The minimum Gasteiger partial charge on any atom is -0.481 e. The number of hydrogen-bond donors (Lipinski definition) is 1. The van der Waals surface area contributed by atoms with Crippen LogP contribution in [-0.2, 0) is 4.79 Å². The van der Waals surface area contributed by atoms with Crippen molar-refractivity contribution in [3.05, 3.63) is 21.8 Å². The summed E-state index contributed by atoms with van der Waals surface area (Å²) in [5, 5.41) is 20.9. The first-order valence-electron chi connectivity index (χ1n) is 7.66. The summed E-state index contributed by atoms with van der Waals surface area (Å²) in [5.74, 6) is -1.13. The predicted molar refractivity (Wildman–Crippen MR) is 79.5 cm³/mol. The second kappa shape index (κ2) is 5.11. The maximum absolute atomic E-state index is 11.9. The van der Waals surface area contributed by atoms with Crippen LogP contribution in [0.4, 0.5) is 0 Å². The minimum absolute atomic E-state index is 0.0539. The molecule has 0 spiro atoms. The van der Waals surface area contributed by atoms with Crippen LogP contribution in [0.5, 0.6) is 0 Å². The molecular formula is C16H25NO4. The summed E-state index contributed by atoms with van der Waals surface area (Å²) in [6, 6.07) is 0. The lowest BCUT2D eigenvalue weighted by Gasteiger charge is -2.55. The molecule has 0 heterocycles. The van der Waals surface area contributed by atoms with E-state index in [4.69, 9.17) is 0 Å². The quantitative estimate of drug-likeness (QED) is 0.479. The van der Waals surface area contributed by atoms with Crippen LogP contribution in [0.2, 0.25) is 0 Å². The minimum atomic E-state index is -0.902. The number of aliphatic carboxylic acids is 1. The smallest absolute Gasteiger partial charge is 0.307 e. The zero-order chi connectivity index (χ0) is 16.0. The molecule has 0 aliphatic heterocycles. The summed E-state index contributed by atoms with van der Waals surface area (Å²) in [4.78, 5) is 22.7. The van der Waals surface area contributed by atoms with Crippen LogP contribution in [0, 0.1) is 38.7 Å². The summed E-state index contributed by atoms with van der Waals surface area (Å²) in [5.41, 5.74) is 0.110. The molecule has 0 saturated heterocycles. The van der Waals surface area contributed by atoms with Crippen LogP contribution >= 0.6 is 0 Å². The van der Waals surface area contributed by atoms with Crippen molar-refractivity contribution < 1.29 is 14.8 Å². The Bertz CT molecular complexity index is 491. The van der Waals surface area contributed by atoms with Crippen molar-refractivity contribution >= 4 is 5.97 Å². The van der Waals surface area contributed by atoms with Crippen molar-refractivity contribution in [1.29, 1.82) is 0 Å². The Morgan fingerprint density at radius 3 is 2.62 bits per heavy atom. The number of carboxylic acid groups (broad SMARTS) is 1. The molecule has 118 valence electrons. The average molecular weight is 295 g/mol. The number of rotatable bonds is 5. The molecule has 2 rings (SSSR count). The summed E-state index contributed by atoms with van der Waals surface area (Å²) in [7, 11) is 0. The zero-order valence-corrected chi connectivity index (χ0v) is 13.3.